The Hall–Kier alpha value is -3.11. The molecule has 5 rings (SSSR count). The van der Waals surface area contributed by atoms with Gasteiger partial charge in [0.15, 0.2) is 5.82 Å². The van der Waals surface area contributed by atoms with Gasteiger partial charge in [0.1, 0.15) is 17.1 Å². The number of benzene rings is 2. The lowest BCUT2D eigenvalue weighted by Gasteiger charge is -2.28. The van der Waals surface area contributed by atoms with E-state index in [1.807, 2.05) is 19.1 Å². The first-order valence-electron chi connectivity index (χ1n) is 11.2. The Morgan fingerprint density at radius 1 is 1.14 bits per heavy atom. The standard InChI is InChI=1S/C25H23Cl2N5O3S/c1-14-11-18(34-2)20(27)22(19(14)26)31-25(33)17-12-36-23-21(17)28-13-29-24(23)30-15-3-5-16(6-4-15)32-7-9-35-10-8-32/h3-6,11-13H,7-10H2,1-2H3,(H,31,33)(H,28,29,30). The molecule has 1 aliphatic rings. The number of ether oxygens (including phenoxy) is 2. The third kappa shape index (κ3) is 4.79. The number of carbonyl (C=O) groups is 1. The van der Waals surface area contributed by atoms with E-state index in [4.69, 9.17) is 32.7 Å². The van der Waals surface area contributed by atoms with Crippen LogP contribution in [0, 0.1) is 6.92 Å². The SMILES string of the molecule is COc1cc(C)c(Cl)c(NC(=O)c2csc3c(Nc4ccc(N5CCOCC5)cc4)ncnc23)c1Cl. The number of aromatic nitrogens is 2. The van der Waals surface area contributed by atoms with Crippen molar-refractivity contribution < 1.29 is 14.3 Å². The molecule has 2 N–H and O–H groups in total. The zero-order chi connectivity index (χ0) is 25.2. The summed E-state index contributed by atoms with van der Waals surface area (Å²) in [6.07, 6.45) is 1.44. The number of hydrogen-bond donors (Lipinski definition) is 2. The van der Waals surface area contributed by atoms with Gasteiger partial charge in [0.2, 0.25) is 0 Å². The second-order valence-corrected chi connectivity index (χ2v) is 9.81. The van der Waals surface area contributed by atoms with E-state index in [1.54, 1.807) is 11.4 Å². The predicted octanol–water partition coefficient (Wildman–Crippen LogP) is 6.15. The molecule has 2 aromatic carbocycles. The molecule has 0 radical (unpaired) electrons. The first-order chi connectivity index (χ1) is 17.5. The summed E-state index contributed by atoms with van der Waals surface area (Å²) in [7, 11) is 1.51. The van der Waals surface area contributed by atoms with Gasteiger partial charge in [0.05, 0.1) is 46.8 Å². The number of nitrogens with zero attached hydrogens (tertiary/aromatic N) is 3. The van der Waals surface area contributed by atoms with Crippen molar-refractivity contribution in [1.82, 2.24) is 9.97 Å². The molecule has 3 heterocycles. The number of carbonyl (C=O) groups excluding carboxylic acids is 1. The minimum Gasteiger partial charge on any atom is -0.495 e. The highest BCUT2D eigenvalue weighted by Gasteiger charge is 2.21. The topological polar surface area (TPSA) is 88.6 Å². The third-order valence-electron chi connectivity index (χ3n) is 5.91. The van der Waals surface area contributed by atoms with Gasteiger partial charge in [0, 0.05) is 29.8 Å². The summed E-state index contributed by atoms with van der Waals surface area (Å²) >= 11 is 14.2. The second-order valence-electron chi connectivity index (χ2n) is 8.17. The molecule has 11 heteroatoms. The highest BCUT2D eigenvalue weighted by Crippen LogP contribution is 2.41. The fourth-order valence-corrected chi connectivity index (χ4v) is 5.46. The van der Waals surface area contributed by atoms with Gasteiger partial charge >= 0.3 is 0 Å². The summed E-state index contributed by atoms with van der Waals surface area (Å²) in [6, 6.07) is 9.88. The summed E-state index contributed by atoms with van der Waals surface area (Å²) in [6.45, 7) is 5.05. The van der Waals surface area contributed by atoms with Gasteiger partial charge in [0.25, 0.3) is 5.91 Å². The molecule has 0 atom stereocenters. The van der Waals surface area contributed by atoms with Crippen LogP contribution in [0.1, 0.15) is 15.9 Å². The highest BCUT2D eigenvalue weighted by molar-refractivity contribution is 7.18. The quantitative estimate of drug-likeness (QED) is 0.301. The normalized spacial score (nSPS) is 13.6. The summed E-state index contributed by atoms with van der Waals surface area (Å²) < 4.78 is 11.5. The molecule has 0 unspecified atom stereocenters. The molecule has 0 aliphatic carbocycles. The van der Waals surface area contributed by atoms with Crippen molar-refractivity contribution in [2.45, 2.75) is 6.92 Å². The van der Waals surface area contributed by atoms with Crippen LogP contribution in [0.4, 0.5) is 22.9 Å². The molecule has 186 valence electrons. The molecule has 4 aromatic rings. The van der Waals surface area contributed by atoms with Crippen molar-refractivity contribution in [3.05, 3.63) is 63.2 Å². The number of rotatable bonds is 6. The van der Waals surface area contributed by atoms with Crippen LogP contribution in [0.2, 0.25) is 10.0 Å². The number of fused-ring (bicyclic) bond motifs is 1. The van der Waals surface area contributed by atoms with Gasteiger partial charge in [-0.05, 0) is 42.8 Å². The van der Waals surface area contributed by atoms with Gasteiger partial charge < -0.3 is 25.0 Å². The van der Waals surface area contributed by atoms with Gasteiger partial charge in [-0.25, -0.2) is 9.97 Å². The number of anilines is 4. The molecule has 0 saturated carbocycles. The number of halogens is 2. The molecule has 8 nitrogen and oxygen atoms in total. The summed E-state index contributed by atoms with van der Waals surface area (Å²) in [5.41, 5.74) is 4.00. The molecule has 0 spiro atoms. The molecule has 1 amide bonds. The number of methoxy groups -OCH3 is 1. The first kappa shape index (κ1) is 24.6. The lowest BCUT2D eigenvalue weighted by Crippen LogP contribution is -2.36. The minimum absolute atomic E-state index is 0.235. The molecule has 0 bridgehead atoms. The van der Waals surface area contributed by atoms with Gasteiger partial charge in [-0.15, -0.1) is 11.3 Å². The van der Waals surface area contributed by atoms with Crippen molar-refractivity contribution >= 4 is 73.5 Å². The maximum absolute atomic E-state index is 13.2. The first-order valence-corrected chi connectivity index (χ1v) is 12.9. The zero-order valence-electron chi connectivity index (χ0n) is 19.6. The van der Waals surface area contributed by atoms with E-state index < -0.39 is 0 Å². The van der Waals surface area contributed by atoms with E-state index in [2.05, 4.69) is 37.6 Å². The van der Waals surface area contributed by atoms with Gasteiger partial charge in [-0.1, -0.05) is 23.2 Å². The lowest BCUT2D eigenvalue weighted by molar-refractivity contribution is 0.102. The van der Waals surface area contributed by atoms with Crippen LogP contribution in [0.15, 0.2) is 42.0 Å². The number of morpholine rings is 1. The van der Waals surface area contributed by atoms with Gasteiger partial charge in [-0.3, -0.25) is 4.79 Å². The molecule has 1 fully saturated rings. The van der Waals surface area contributed by atoms with Crippen LogP contribution in [0.5, 0.6) is 5.75 Å². The fraction of sp³-hybridized carbons (Fsp3) is 0.240. The molecule has 1 aliphatic heterocycles. The number of amides is 1. The van der Waals surface area contributed by atoms with Crippen molar-refractivity contribution in [3.63, 3.8) is 0 Å². The molecular weight excluding hydrogens is 521 g/mol. The van der Waals surface area contributed by atoms with E-state index in [-0.39, 0.29) is 10.9 Å². The molecule has 36 heavy (non-hydrogen) atoms. The zero-order valence-corrected chi connectivity index (χ0v) is 21.9. The van der Waals surface area contributed by atoms with Crippen molar-refractivity contribution in [2.75, 3.05) is 48.9 Å². The number of nitrogens with one attached hydrogen (secondary N) is 2. The Morgan fingerprint density at radius 2 is 1.89 bits per heavy atom. The van der Waals surface area contributed by atoms with Crippen molar-refractivity contribution in [2.24, 2.45) is 0 Å². The predicted molar refractivity (Wildman–Crippen MR) is 146 cm³/mol. The van der Waals surface area contributed by atoms with Crippen LogP contribution in [0.25, 0.3) is 10.2 Å². The van der Waals surface area contributed by atoms with Crippen LogP contribution in [0.3, 0.4) is 0 Å². The lowest BCUT2D eigenvalue weighted by atomic mass is 10.2. The van der Waals surface area contributed by atoms with Crippen LogP contribution in [-0.4, -0.2) is 49.3 Å². The van der Waals surface area contributed by atoms with Crippen molar-refractivity contribution in [1.29, 1.82) is 0 Å². The van der Waals surface area contributed by atoms with Crippen molar-refractivity contribution in [3.8, 4) is 5.75 Å². The monoisotopic (exact) mass is 543 g/mol. The number of thiophene rings is 1. The average molecular weight is 544 g/mol. The minimum atomic E-state index is -0.378. The fourth-order valence-electron chi connectivity index (χ4n) is 3.99. The Bertz CT molecular complexity index is 1420. The highest BCUT2D eigenvalue weighted by atomic mass is 35.5. The summed E-state index contributed by atoms with van der Waals surface area (Å²) in [5, 5.41) is 8.50. The molecule has 2 aromatic heterocycles. The largest absolute Gasteiger partial charge is 0.495 e. The summed E-state index contributed by atoms with van der Waals surface area (Å²) in [5.74, 6) is 0.672. The van der Waals surface area contributed by atoms with E-state index in [1.165, 1.54) is 24.8 Å². The maximum atomic E-state index is 13.2. The molecule has 1 saturated heterocycles. The Balaban J connectivity index is 1.38. The third-order valence-corrected chi connectivity index (χ3v) is 7.75. The number of hydrogen-bond acceptors (Lipinski definition) is 8. The van der Waals surface area contributed by atoms with E-state index >= 15 is 0 Å². The second kappa shape index (κ2) is 10.5. The van der Waals surface area contributed by atoms with E-state index in [0.717, 1.165) is 47.9 Å². The van der Waals surface area contributed by atoms with Gasteiger partial charge in [-0.2, -0.15) is 0 Å². The van der Waals surface area contributed by atoms with Crippen LogP contribution in [-0.2, 0) is 4.74 Å². The van der Waals surface area contributed by atoms with Crippen LogP contribution >= 0.6 is 34.5 Å². The number of aryl methyl sites for hydroxylation is 1. The van der Waals surface area contributed by atoms with E-state index in [0.29, 0.717) is 33.4 Å². The maximum Gasteiger partial charge on any atom is 0.258 e. The van der Waals surface area contributed by atoms with Crippen LogP contribution < -0.4 is 20.3 Å². The summed E-state index contributed by atoms with van der Waals surface area (Å²) in [4.78, 5) is 24.3. The molecular formula is C25H23Cl2N5O3S. The Morgan fingerprint density at radius 3 is 2.61 bits per heavy atom. The Kier molecular flexibility index (Phi) is 7.15. The average Bonchev–Trinajstić information content (AvgIpc) is 3.35. The Labute approximate surface area is 222 Å². The smallest absolute Gasteiger partial charge is 0.258 e. The van der Waals surface area contributed by atoms with E-state index in [9.17, 15) is 4.79 Å².